The highest BCUT2D eigenvalue weighted by Gasteiger charge is 2.24. The van der Waals surface area contributed by atoms with E-state index in [-0.39, 0.29) is 35.9 Å². The molecule has 1 aliphatic rings. The first-order valence-corrected chi connectivity index (χ1v) is 11.2. The van der Waals surface area contributed by atoms with E-state index in [1.54, 1.807) is 12.1 Å². The number of carbonyl (C=O) groups is 1. The van der Waals surface area contributed by atoms with E-state index in [9.17, 15) is 23.2 Å². The predicted octanol–water partition coefficient (Wildman–Crippen LogP) is 3.00. The van der Waals surface area contributed by atoms with Crippen LogP contribution in [0.4, 0.5) is 8.78 Å². The monoisotopic (exact) mass is 480 g/mol. The van der Waals surface area contributed by atoms with E-state index in [1.807, 2.05) is 19.1 Å². The minimum Gasteiger partial charge on any atom is -0.376 e. The van der Waals surface area contributed by atoms with E-state index in [1.165, 1.54) is 21.5 Å². The van der Waals surface area contributed by atoms with Gasteiger partial charge in [0.15, 0.2) is 28.6 Å². The summed E-state index contributed by atoms with van der Waals surface area (Å²) in [5.41, 5.74) is 0.326. The van der Waals surface area contributed by atoms with E-state index in [4.69, 9.17) is 4.74 Å². The standard InChI is InChI=1S/C25H22F2N4O4/c1-15-5-2-3-7-20(15)31-23-22(24(33)30(25(31)34)12-17-6-4-10-35-17)29(14-28-23)13-21(32)16-8-9-18(26)19(27)11-16/h2-3,5,7-9,11,14,17H,4,6,10,12-13H2,1H3. The van der Waals surface area contributed by atoms with Crippen molar-refractivity contribution >= 4 is 16.9 Å². The molecule has 0 spiro atoms. The molecule has 1 unspecified atom stereocenters. The van der Waals surface area contributed by atoms with E-state index in [2.05, 4.69) is 4.98 Å². The highest BCUT2D eigenvalue weighted by atomic mass is 19.2. The van der Waals surface area contributed by atoms with Crippen molar-refractivity contribution in [2.75, 3.05) is 6.61 Å². The number of fused-ring (bicyclic) bond motifs is 1. The molecule has 8 nitrogen and oxygen atoms in total. The average molecular weight is 480 g/mol. The van der Waals surface area contributed by atoms with Crippen LogP contribution in [0.2, 0.25) is 0 Å². The van der Waals surface area contributed by atoms with Gasteiger partial charge in [0.05, 0.1) is 31.2 Å². The van der Waals surface area contributed by atoms with Gasteiger partial charge in [0, 0.05) is 12.2 Å². The molecular formula is C25H22F2N4O4. The summed E-state index contributed by atoms with van der Waals surface area (Å²) in [7, 11) is 0. The van der Waals surface area contributed by atoms with Crippen LogP contribution in [0.25, 0.3) is 16.9 Å². The van der Waals surface area contributed by atoms with Gasteiger partial charge in [-0.1, -0.05) is 18.2 Å². The summed E-state index contributed by atoms with van der Waals surface area (Å²) in [5.74, 6) is -2.74. The molecule has 1 atom stereocenters. The molecule has 4 aromatic rings. The number of hydrogen-bond acceptors (Lipinski definition) is 5. The second-order valence-corrected chi connectivity index (χ2v) is 8.55. The quantitative estimate of drug-likeness (QED) is 0.396. The van der Waals surface area contributed by atoms with Gasteiger partial charge >= 0.3 is 5.69 Å². The number of nitrogens with zero attached hydrogens (tertiary/aromatic N) is 4. The van der Waals surface area contributed by atoms with Gasteiger partial charge in [-0.2, -0.15) is 0 Å². The zero-order valence-corrected chi connectivity index (χ0v) is 18.9. The fourth-order valence-electron chi connectivity index (χ4n) is 4.40. The van der Waals surface area contributed by atoms with Gasteiger partial charge < -0.3 is 9.30 Å². The number of ether oxygens (including phenoxy) is 1. The molecule has 1 saturated heterocycles. The summed E-state index contributed by atoms with van der Waals surface area (Å²) in [5, 5.41) is 0. The van der Waals surface area contributed by atoms with Crippen LogP contribution in [0.1, 0.15) is 28.8 Å². The molecule has 10 heteroatoms. The molecule has 0 amide bonds. The number of carbonyl (C=O) groups excluding carboxylic acids is 1. The zero-order valence-electron chi connectivity index (χ0n) is 18.9. The molecule has 2 aromatic heterocycles. The van der Waals surface area contributed by atoms with Crippen molar-refractivity contribution < 1.29 is 18.3 Å². The highest BCUT2D eigenvalue weighted by Crippen LogP contribution is 2.19. The zero-order chi connectivity index (χ0) is 24.7. The summed E-state index contributed by atoms with van der Waals surface area (Å²) in [6.07, 6.45) is 2.59. The number of para-hydroxylation sites is 1. The lowest BCUT2D eigenvalue weighted by atomic mass is 10.1. The average Bonchev–Trinajstić information content (AvgIpc) is 3.50. The summed E-state index contributed by atoms with van der Waals surface area (Å²) < 4.78 is 36.4. The maximum atomic E-state index is 13.7. The molecule has 0 N–H and O–H groups in total. The predicted molar refractivity (Wildman–Crippen MR) is 124 cm³/mol. The molecule has 180 valence electrons. The van der Waals surface area contributed by atoms with Crippen molar-refractivity contribution in [3.63, 3.8) is 0 Å². The fourth-order valence-corrected chi connectivity index (χ4v) is 4.40. The van der Waals surface area contributed by atoms with Crippen LogP contribution < -0.4 is 11.2 Å². The van der Waals surface area contributed by atoms with Crippen LogP contribution in [0.3, 0.4) is 0 Å². The van der Waals surface area contributed by atoms with Crippen LogP contribution in [0.5, 0.6) is 0 Å². The number of Topliss-reactive ketones (excluding diaryl/α,β-unsaturated/α-hetero) is 1. The van der Waals surface area contributed by atoms with Crippen LogP contribution in [0, 0.1) is 18.6 Å². The number of aryl methyl sites for hydroxylation is 1. The van der Waals surface area contributed by atoms with Gasteiger partial charge in [-0.05, 0) is 49.6 Å². The molecular weight excluding hydrogens is 458 g/mol. The smallest absolute Gasteiger partial charge is 0.337 e. The third-order valence-corrected chi connectivity index (χ3v) is 6.22. The largest absolute Gasteiger partial charge is 0.376 e. The van der Waals surface area contributed by atoms with Crippen molar-refractivity contribution in [2.24, 2.45) is 0 Å². The van der Waals surface area contributed by atoms with Crippen molar-refractivity contribution in [1.29, 1.82) is 0 Å². The lowest BCUT2D eigenvalue weighted by Crippen LogP contribution is -2.42. The van der Waals surface area contributed by atoms with Crippen molar-refractivity contribution in [2.45, 2.75) is 39.0 Å². The van der Waals surface area contributed by atoms with Crippen LogP contribution in [-0.2, 0) is 17.8 Å². The van der Waals surface area contributed by atoms with Gasteiger partial charge in [0.25, 0.3) is 5.56 Å². The van der Waals surface area contributed by atoms with E-state index < -0.39 is 28.7 Å². The third-order valence-electron chi connectivity index (χ3n) is 6.22. The number of benzene rings is 2. The lowest BCUT2D eigenvalue weighted by Gasteiger charge is -2.16. The van der Waals surface area contributed by atoms with Crippen LogP contribution in [-0.4, -0.2) is 37.2 Å². The van der Waals surface area contributed by atoms with Gasteiger partial charge in [-0.15, -0.1) is 0 Å². The SMILES string of the molecule is Cc1ccccc1-n1c(=O)n(CC2CCCO2)c(=O)c2c1ncn2CC(=O)c1ccc(F)c(F)c1. The summed E-state index contributed by atoms with van der Waals surface area (Å²) in [4.78, 5) is 44.2. The van der Waals surface area contributed by atoms with Crippen molar-refractivity contribution in [3.8, 4) is 5.69 Å². The fraction of sp³-hybridized carbons (Fsp3) is 0.280. The summed E-state index contributed by atoms with van der Waals surface area (Å²) in [6.45, 7) is 2.13. The third kappa shape index (κ3) is 4.10. The van der Waals surface area contributed by atoms with Gasteiger partial charge in [0.1, 0.15) is 0 Å². The number of aromatic nitrogens is 4. The topological polar surface area (TPSA) is 88.1 Å². The Labute approximate surface area is 198 Å². The van der Waals surface area contributed by atoms with E-state index in [0.29, 0.717) is 12.3 Å². The Morgan fingerprint density at radius 3 is 2.66 bits per heavy atom. The summed E-state index contributed by atoms with van der Waals surface area (Å²) >= 11 is 0. The second-order valence-electron chi connectivity index (χ2n) is 8.55. The minimum atomic E-state index is -1.14. The first-order valence-electron chi connectivity index (χ1n) is 11.2. The maximum absolute atomic E-state index is 13.7. The Morgan fingerprint density at radius 2 is 1.94 bits per heavy atom. The van der Waals surface area contributed by atoms with Crippen molar-refractivity contribution in [1.82, 2.24) is 18.7 Å². The molecule has 2 aromatic carbocycles. The number of rotatable bonds is 6. The number of imidazole rings is 1. The molecule has 3 heterocycles. The Hall–Kier alpha value is -3.92. The second kappa shape index (κ2) is 9.03. The first kappa shape index (κ1) is 22.9. The molecule has 0 aliphatic carbocycles. The normalized spacial score (nSPS) is 15.7. The Bertz CT molecular complexity index is 1560. The molecule has 35 heavy (non-hydrogen) atoms. The molecule has 5 rings (SSSR count). The Morgan fingerprint density at radius 1 is 1.14 bits per heavy atom. The Kier molecular flexibility index (Phi) is 5.89. The number of halogens is 2. The van der Waals surface area contributed by atoms with Gasteiger partial charge in [-0.25, -0.2) is 23.1 Å². The molecule has 0 bridgehead atoms. The lowest BCUT2D eigenvalue weighted by molar-refractivity contribution is 0.0947. The number of hydrogen-bond donors (Lipinski definition) is 0. The van der Waals surface area contributed by atoms with Gasteiger partial charge in [0.2, 0.25) is 0 Å². The number of ketones is 1. The van der Waals surface area contributed by atoms with Crippen molar-refractivity contribution in [3.05, 3.63) is 92.4 Å². The van der Waals surface area contributed by atoms with Crippen LogP contribution in [0.15, 0.2) is 58.4 Å². The maximum Gasteiger partial charge on any atom is 0.337 e. The van der Waals surface area contributed by atoms with Crippen LogP contribution >= 0.6 is 0 Å². The molecule has 1 fully saturated rings. The minimum absolute atomic E-state index is 0.0438. The molecule has 0 radical (unpaired) electrons. The molecule has 0 saturated carbocycles. The molecule has 1 aliphatic heterocycles. The first-order chi connectivity index (χ1) is 16.8. The van der Waals surface area contributed by atoms with E-state index in [0.717, 1.165) is 35.1 Å². The van der Waals surface area contributed by atoms with Gasteiger partial charge in [-0.3, -0.25) is 14.2 Å². The highest BCUT2D eigenvalue weighted by molar-refractivity contribution is 5.96. The Balaban J connectivity index is 1.68. The van der Waals surface area contributed by atoms with E-state index >= 15 is 0 Å². The summed E-state index contributed by atoms with van der Waals surface area (Å²) in [6, 6.07) is 10.1.